The molecule has 1 rings (SSSR count). The quantitative estimate of drug-likeness (QED) is 0.632. The van der Waals surface area contributed by atoms with Gasteiger partial charge in [-0.25, -0.2) is 4.39 Å². The van der Waals surface area contributed by atoms with Gasteiger partial charge < -0.3 is 0 Å². The second kappa shape index (κ2) is 3.43. The maximum absolute atomic E-state index is 13.7. The molecular formula is C10H14ClFSi. The van der Waals surface area contributed by atoms with Crippen LogP contribution < -0.4 is 5.19 Å². The summed E-state index contributed by atoms with van der Waals surface area (Å²) in [5.74, 6) is -0.119. The van der Waals surface area contributed by atoms with E-state index >= 15 is 0 Å². The van der Waals surface area contributed by atoms with Crippen molar-refractivity contribution in [2.45, 2.75) is 26.6 Å². The number of halogens is 2. The average molecular weight is 217 g/mol. The summed E-state index contributed by atoms with van der Waals surface area (Å²) in [4.78, 5) is 0. The molecule has 0 heterocycles. The van der Waals surface area contributed by atoms with E-state index in [-0.39, 0.29) is 5.82 Å². The Balaban J connectivity index is 3.35. The lowest BCUT2D eigenvalue weighted by atomic mass is 10.2. The van der Waals surface area contributed by atoms with Gasteiger partial charge in [-0.05, 0) is 18.2 Å². The first-order valence-electron chi connectivity index (χ1n) is 4.29. The van der Waals surface area contributed by atoms with E-state index in [1.807, 2.05) is 6.07 Å². The Labute approximate surface area is 84.7 Å². The predicted octanol–water partition coefficient (Wildman–Crippen LogP) is 3.33. The molecule has 0 amide bonds. The Morgan fingerprint density at radius 1 is 1.23 bits per heavy atom. The van der Waals surface area contributed by atoms with Crippen molar-refractivity contribution in [2.75, 3.05) is 0 Å². The minimum atomic E-state index is -1.57. The van der Waals surface area contributed by atoms with E-state index in [0.29, 0.717) is 10.6 Å². The highest BCUT2D eigenvalue weighted by Gasteiger charge is 2.22. The smallest absolute Gasteiger partial charge is 0.126 e. The van der Waals surface area contributed by atoms with E-state index < -0.39 is 8.07 Å². The maximum atomic E-state index is 13.7. The molecule has 0 aliphatic rings. The zero-order chi connectivity index (χ0) is 10.2. The second-order valence-electron chi connectivity index (χ2n) is 4.28. The van der Waals surface area contributed by atoms with Crippen molar-refractivity contribution in [3.63, 3.8) is 0 Å². The molecule has 0 spiro atoms. The zero-order valence-electron chi connectivity index (χ0n) is 8.41. The third kappa shape index (κ3) is 2.12. The van der Waals surface area contributed by atoms with Crippen molar-refractivity contribution < 1.29 is 4.39 Å². The zero-order valence-corrected chi connectivity index (χ0v) is 10.2. The molecule has 0 aliphatic carbocycles. The van der Waals surface area contributed by atoms with Crippen molar-refractivity contribution >= 4 is 24.9 Å². The van der Waals surface area contributed by atoms with Gasteiger partial charge in [0, 0.05) is 10.6 Å². The van der Waals surface area contributed by atoms with Crippen LogP contribution in [0.25, 0.3) is 0 Å². The van der Waals surface area contributed by atoms with Crippen LogP contribution >= 0.6 is 11.6 Å². The summed E-state index contributed by atoms with van der Waals surface area (Å²) >= 11 is 5.81. The molecule has 0 radical (unpaired) electrons. The second-order valence-corrected chi connectivity index (χ2v) is 9.73. The molecule has 0 N–H and O–H groups in total. The Morgan fingerprint density at radius 3 is 2.23 bits per heavy atom. The van der Waals surface area contributed by atoms with Gasteiger partial charge >= 0.3 is 0 Å². The van der Waals surface area contributed by atoms with Crippen LogP contribution in [-0.4, -0.2) is 8.07 Å². The SMILES string of the molecule is Cc1c(Cl)ccc([Si](C)(C)C)c1F. The number of hydrogen-bond donors (Lipinski definition) is 0. The molecule has 13 heavy (non-hydrogen) atoms. The van der Waals surface area contributed by atoms with Crippen LogP contribution in [0.15, 0.2) is 12.1 Å². The Morgan fingerprint density at radius 2 is 1.77 bits per heavy atom. The van der Waals surface area contributed by atoms with Crippen LogP contribution in [0.2, 0.25) is 24.7 Å². The van der Waals surface area contributed by atoms with Gasteiger partial charge in [0.25, 0.3) is 0 Å². The lowest BCUT2D eigenvalue weighted by Crippen LogP contribution is -2.40. The first kappa shape index (κ1) is 10.7. The third-order valence-corrected chi connectivity index (χ3v) is 4.54. The number of rotatable bonds is 1. The van der Waals surface area contributed by atoms with E-state index in [1.54, 1.807) is 13.0 Å². The predicted molar refractivity (Wildman–Crippen MR) is 59.1 cm³/mol. The highest BCUT2D eigenvalue weighted by atomic mass is 35.5. The monoisotopic (exact) mass is 216 g/mol. The Bertz CT molecular complexity index is 328. The number of hydrogen-bond acceptors (Lipinski definition) is 0. The number of benzene rings is 1. The van der Waals surface area contributed by atoms with E-state index in [4.69, 9.17) is 11.6 Å². The summed E-state index contributed by atoms with van der Waals surface area (Å²) in [7, 11) is -1.57. The standard InChI is InChI=1S/C10H14ClFSi/c1-7-8(11)5-6-9(10(7)12)13(2,3)4/h5-6H,1-4H3. The summed E-state index contributed by atoms with van der Waals surface area (Å²) in [6, 6.07) is 3.60. The first-order chi connectivity index (χ1) is 5.84. The highest BCUT2D eigenvalue weighted by molar-refractivity contribution is 6.88. The minimum absolute atomic E-state index is 0.119. The van der Waals surface area contributed by atoms with Crippen LogP contribution in [0, 0.1) is 12.7 Å². The van der Waals surface area contributed by atoms with Crippen molar-refractivity contribution in [1.29, 1.82) is 0 Å². The van der Waals surface area contributed by atoms with Crippen molar-refractivity contribution in [2.24, 2.45) is 0 Å². The van der Waals surface area contributed by atoms with Crippen LogP contribution in [0.5, 0.6) is 0 Å². The molecule has 3 heteroatoms. The molecule has 72 valence electrons. The van der Waals surface area contributed by atoms with Crippen LogP contribution in [0.1, 0.15) is 5.56 Å². The topological polar surface area (TPSA) is 0 Å². The third-order valence-electron chi connectivity index (χ3n) is 2.13. The fourth-order valence-electron chi connectivity index (χ4n) is 1.24. The molecule has 1 aromatic carbocycles. The summed E-state index contributed by atoms with van der Waals surface area (Å²) in [5.41, 5.74) is 0.571. The maximum Gasteiger partial charge on any atom is 0.126 e. The van der Waals surface area contributed by atoms with E-state index in [9.17, 15) is 4.39 Å². The minimum Gasteiger partial charge on any atom is -0.207 e. The van der Waals surface area contributed by atoms with Crippen molar-refractivity contribution in [1.82, 2.24) is 0 Å². The molecule has 0 aliphatic heterocycles. The molecule has 0 saturated heterocycles. The summed E-state index contributed by atoms with van der Waals surface area (Å²) in [5, 5.41) is 1.37. The molecule has 0 atom stereocenters. The van der Waals surface area contributed by atoms with E-state index in [2.05, 4.69) is 19.6 Å². The van der Waals surface area contributed by atoms with E-state index in [0.717, 1.165) is 5.19 Å². The molecule has 0 nitrogen and oxygen atoms in total. The van der Waals surface area contributed by atoms with Crippen LogP contribution in [0.3, 0.4) is 0 Å². The Hall–Kier alpha value is -0.343. The molecule has 1 aromatic rings. The fourth-order valence-corrected chi connectivity index (χ4v) is 2.82. The largest absolute Gasteiger partial charge is 0.207 e. The van der Waals surface area contributed by atoms with Gasteiger partial charge in [-0.1, -0.05) is 37.3 Å². The van der Waals surface area contributed by atoms with Crippen molar-refractivity contribution in [3.8, 4) is 0 Å². The van der Waals surface area contributed by atoms with Gasteiger partial charge in [0.2, 0.25) is 0 Å². The lowest BCUT2D eigenvalue weighted by molar-refractivity contribution is 0.626. The van der Waals surface area contributed by atoms with Gasteiger partial charge in [-0.15, -0.1) is 0 Å². The summed E-state index contributed by atoms with van der Waals surface area (Å²) in [6.07, 6.45) is 0. The lowest BCUT2D eigenvalue weighted by Gasteiger charge is -2.18. The van der Waals surface area contributed by atoms with Crippen LogP contribution in [0.4, 0.5) is 4.39 Å². The van der Waals surface area contributed by atoms with Gasteiger partial charge in [0.1, 0.15) is 5.82 Å². The highest BCUT2D eigenvalue weighted by Crippen LogP contribution is 2.18. The Kier molecular flexibility index (Phi) is 2.83. The average Bonchev–Trinajstić information content (AvgIpc) is 1.98. The molecule has 0 fully saturated rings. The van der Waals surface area contributed by atoms with Gasteiger partial charge in [0.05, 0.1) is 8.07 Å². The van der Waals surface area contributed by atoms with Gasteiger partial charge in [0.15, 0.2) is 0 Å². The summed E-state index contributed by atoms with van der Waals surface area (Å²) < 4.78 is 13.7. The van der Waals surface area contributed by atoms with Gasteiger partial charge in [-0.3, -0.25) is 0 Å². The van der Waals surface area contributed by atoms with Gasteiger partial charge in [-0.2, -0.15) is 0 Å². The van der Waals surface area contributed by atoms with Crippen molar-refractivity contribution in [3.05, 3.63) is 28.5 Å². The molecule has 0 saturated carbocycles. The normalized spacial score (nSPS) is 11.8. The van der Waals surface area contributed by atoms with Crippen LogP contribution in [-0.2, 0) is 0 Å². The molecular weight excluding hydrogens is 203 g/mol. The van der Waals surface area contributed by atoms with E-state index in [1.165, 1.54) is 0 Å². The fraction of sp³-hybridized carbons (Fsp3) is 0.400. The molecule has 0 unspecified atom stereocenters. The molecule has 0 aromatic heterocycles. The summed E-state index contributed by atoms with van der Waals surface area (Å²) in [6.45, 7) is 8.09. The molecule has 0 bridgehead atoms. The first-order valence-corrected chi connectivity index (χ1v) is 8.17.